The van der Waals surface area contributed by atoms with Gasteiger partial charge in [-0.15, -0.1) is 0 Å². The van der Waals surface area contributed by atoms with Crippen molar-refractivity contribution in [1.82, 2.24) is 19.9 Å². The minimum absolute atomic E-state index is 0.178. The smallest absolute Gasteiger partial charge is 0.0705 e. The fraction of sp³-hybridized carbons (Fsp3) is 0.179. The first-order valence-electron chi connectivity index (χ1n) is 11.1. The Morgan fingerprint density at radius 2 is 1.22 bits per heavy atom. The predicted octanol–water partition coefficient (Wildman–Crippen LogP) is 6.33. The van der Waals surface area contributed by atoms with Crippen molar-refractivity contribution in [3.63, 3.8) is 0 Å². The summed E-state index contributed by atoms with van der Waals surface area (Å²) in [5.74, 6) is 0. The molecule has 0 bridgehead atoms. The van der Waals surface area contributed by atoms with Crippen LogP contribution in [0.25, 0.3) is 21.8 Å². The zero-order valence-corrected chi connectivity index (χ0v) is 18.2. The molecule has 4 heteroatoms. The molecule has 0 saturated heterocycles. The van der Waals surface area contributed by atoms with E-state index in [2.05, 4.69) is 89.6 Å². The third-order valence-corrected chi connectivity index (χ3v) is 5.90. The van der Waals surface area contributed by atoms with E-state index in [9.17, 15) is 0 Å². The standard InChI is InChI=1S/C28H26N4/c1-2-28(27-13-7-8-18-29-27)32(19-23-16-14-21-9-3-5-11-25(21)30-23)20-24-17-15-22-10-4-6-12-26(22)31-24/h3-18,28H,2,19-20H2,1H3/t28-/m1/s1. The van der Waals surface area contributed by atoms with Crippen LogP contribution >= 0.6 is 0 Å². The minimum atomic E-state index is 0.178. The van der Waals surface area contributed by atoms with Gasteiger partial charge < -0.3 is 0 Å². The first-order chi connectivity index (χ1) is 15.8. The molecule has 3 aromatic heterocycles. The van der Waals surface area contributed by atoms with E-state index in [-0.39, 0.29) is 6.04 Å². The summed E-state index contributed by atoms with van der Waals surface area (Å²) in [6.07, 6.45) is 2.83. The van der Waals surface area contributed by atoms with Gasteiger partial charge in [-0.05, 0) is 42.8 Å². The highest BCUT2D eigenvalue weighted by molar-refractivity contribution is 5.79. The maximum absolute atomic E-state index is 4.93. The van der Waals surface area contributed by atoms with Gasteiger partial charge in [0.15, 0.2) is 0 Å². The molecular formula is C28H26N4. The molecule has 3 heterocycles. The third-order valence-electron chi connectivity index (χ3n) is 5.90. The summed E-state index contributed by atoms with van der Waals surface area (Å²) >= 11 is 0. The molecule has 5 aromatic rings. The van der Waals surface area contributed by atoms with Crippen molar-refractivity contribution in [2.45, 2.75) is 32.5 Å². The van der Waals surface area contributed by atoms with Crippen LogP contribution in [-0.4, -0.2) is 19.9 Å². The van der Waals surface area contributed by atoms with Crippen molar-refractivity contribution >= 4 is 21.8 Å². The van der Waals surface area contributed by atoms with E-state index < -0.39 is 0 Å². The number of aromatic nitrogens is 3. The van der Waals surface area contributed by atoms with E-state index in [1.165, 1.54) is 0 Å². The van der Waals surface area contributed by atoms with Gasteiger partial charge in [0, 0.05) is 30.1 Å². The molecule has 158 valence electrons. The summed E-state index contributed by atoms with van der Waals surface area (Å²) in [4.78, 5) is 17.0. The quantitative estimate of drug-likeness (QED) is 0.310. The van der Waals surface area contributed by atoms with Crippen molar-refractivity contribution < 1.29 is 0 Å². The number of fused-ring (bicyclic) bond motifs is 2. The molecule has 0 saturated carbocycles. The van der Waals surface area contributed by atoms with Gasteiger partial charge in [-0.3, -0.25) is 19.9 Å². The Labute approximate surface area is 188 Å². The fourth-order valence-corrected chi connectivity index (χ4v) is 4.31. The SMILES string of the molecule is CC[C@H](c1ccccn1)N(Cc1ccc2ccccc2n1)Cc1ccc2ccccc2n1. The Balaban J connectivity index is 1.50. The number of benzene rings is 2. The van der Waals surface area contributed by atoms with E-state index >= 15 is 0 Å². The van der Waals surface area contributed by atoms with E-state index in [1.807, 2.05) is 24.4 Å². The molecule has 0 aliphatic heterocycles. The van der Waals surface area contributed by atoms with Crippen LogP contribution in [0.5, 0.6) is 0 Å². The van der Waals surface area contributed by atoms with Crippen LogP contribution in [0.1, 0.15) is 36.5 Å². The highest BCUT2D eigenvalue weighted by Gasteiger charge is 2.22. The zero-order valence-electron chi connectivity index (χ0n) is 18.2. The molecule has 0 amide bonds. The Kier molecular flexibility index (Phi) is 5.86. The summed E-state index contributed by atoms with van der Waals surface area (Å²) in [5.41, 5.74) is 5.24. The van der Waals surface area contributed by atoms with E-state index in [4.69, 9.17) is 9.97 Å². The van der Waals surface area contributed by atoms with Gasteiger partial charge >= 0.3 is 0 Å². The lowest BCUT2D eigenvalue weighted by Gasteiger charge is -2.30. The number of hydrogen-bond acceptors (Lipinski definition) is 4. The molecule has 0 aliphatic rings. The monoisotopic (exact) mass is 418 g/mol. The molecule has 0 fully saturated rings. The average molecular weight is 419 g/mol. The first-order valence-corrected chi connectivity index (χ1v) is 11.1. The van der Waals surface area contributed by atoms with Crippen LogP contribution in [-0.2, 0) is 13.1 Å². The van der Waals surface area contributed by atoms with Crippen LogP contribution in [0.3, 0.4) is 0 Å². The highest BCUT2D eigenvalue weighted by atomic mass is 15.2. The molecule has 0 radical (unpaired) electrons. The lowest BCUT2D eigenvalue weighted by atomic mass is 10.1. The number of rotatable bonds is 7. The highest BCUT2D eigenvalue weighted by Crippen LogP contribution is 2.27. The van der Waals surface area contributed by atoms with Gasteiger partial charge in [-0.1, -0.05) is 61.5 Å². The summed E-state index contributed by atoms with van der Waals surface area (Å²) < 4.78 is 0. The van der Waals surface area contributed by atoms with Crippen molar-refractivity contribution in [2.24, 2.45) is 0 Å². The lowest BCUT2D eigenvalue weighted by molar-refractivity contribution is 0.166. The van der Waals surface area contributed by atoms with Crippen molar-refractivity contribution in [3.05, 3.63) is 114 Å². The third kappa shape index (κ3) is 4.36. The van der Waals surface area contributed by atoms with E-state index in [0.29, 0.717) is 0 Å². The van der Waals surface area contributed by atoms with Crippen LogP contribution in [0.4, 0.5) is 0 Å². The normalized spacial score (nSPS) is 12.4. The molecule has 1 atom stereocenters. The summed E-state index contributed by atoms with van der Waals surface area (Å²) in [7, 11) is 0. The Morgan fingerprint density at radius 1 is 0.656 bits per heavy atom. The Hall–Kier alpha value is -3.63. The molecular weight excluding hydrogens is 392 g/mol. The molecule has 32 heavy (non-hydrogen) atoms. The number of pyridine rings is 3. The molecule has 0 N–H and O–H groups in total. The van der Waals surface area contributed by atoms with Gasteiger partial charge in [-0.25, -0.2) is 0 Å². The average Bonchev–Trinajstić information content (AvgIpc) is 2.85. The van der Waals surface area contributed by atoms with E-state index in [0.717, 1.165) is 58.4 Å². The van der Waals surface area contributed by atoms with Gasteiger partial charge in [0.2, 0.25) is 0 Å². The lowest BCUT2D eigenvalue weighted by Crippen LogP contribution is -2.29. The Morgan fingerprint density at radius 3 is 1.75 bits per heavy atom. The maximum Gasteiger partial charge on any atom is 0.0705 e. The Bertz CT molecular complexity index is 1250. The second kappa shape index (κ2) is 9.25. The van der Waals surface area contributed by atoms with Crippen LogP contribution in [0, 0.1) is 0 Å². The molecule has 0 aliphatic carbocycles. The zero-order chi connectivity index (χ0) is 21.8. The number of para-hydroxylation sites is 2. The first kappa shape index (κ1) is 20.3. The second-order valence-corrected chi connectivity index (χ2v) is 8.07. The van der Waals surface area contributed by atoms with Gasteiger partial charge in [-0.2, -0.15) is 0 Å². The second-order valence-electron chi connectivity index (χ2n) is 8.07. The maximum atomic E-state index is 4.93. The summed E-state index contributed by atoms with van der Waals surface area (Å²) in [6, 6.07) is 31.4. The number of hydrogen-bond donors (Lipinski definition) is 0. The predicted molar refractivity (Wildman–Crippen MR) is 130 cm³/mol. The van der Waals surface area contributed by atoms with Crippen LogP contribution in [0.2, 0.25) is 0 Å². The van der Waals surface area contributed by atoms with Gasteiger partial charge in [0.1, 0.15) is 0 Å². The minimum Gasteiger partial charge on any atom is -0.283 e. The molecule has 0 unspecified atom stereocenters. The van der Waals surface area contributed by atoms with E-state index in [1.54, 1.807) is 0 Å². The fourth-order valence-electron chi connectivity index (χ4n) is 4.31. The molecule has 0 spiro atoms. The summed E-state index contributed by atoms with van der Waals surface area (Å²) in [6.45, 7) is 3.68. The molecule has 5 rings (SSSR count). The molecule has 4 nitrogen and oxygen atoms in total. The number of nitrogens with zero attached hydrogens (tertiary/aromatic N) is 4. The molecule has 2 aromatic carbocycles. The van der Waals surface area contributed by atoms with Gasteiger partial charge in [0.05, 0.1) is 34.2 Å². The van der Waals surface area contributed by atoms with Crippen molar-refractivity contribution in [1.29, 1.82) is 0 Å². The topological polar surface area (TPSA) is 41.9 Å². The van der Waals surface area contributed by atoms with Crippen LogP contribution in [0.15, 0.2) is 97.2 Å². The van der Waals surface area contributed by atoms with Crippen molar-refractivity contribution in [3.8, 4) is 0 Å². The largest absolute Gasteiger partial charge is 0.283 e. The van der Waals surface area contributed by atoms with Gasteiger partial charge in [0.25, 0.3) is 0 Å². The summed E-state index contributed by atoms with van der Waals surface area (Å²) in [5, 5.41) is 2.33. The van der Waals surface area contributed by atoms with Crippen LogP contribution < -0.4 is 0 Å². The van der Waals surface area contributed by atoms with Crippen molar-refractivity contribution in [2.75, 3.05) is 0 Å².